The van der Waals surface area contributed by atoms with Gasteiger partial charge in [-0.15, -0.1) is 0 Å². The summed E-state index contributed by atoms with van der Waals surface area (Å²) in [6.07, 6.45) is -0.575. The zero-order valence-electron chi connectivity index (χ0n) is 13.3. The molecule has 0 aliphatic carbocycles. The summed E-state index contributed by atoms with van der Waals surface area (Å²) < 4.78 is 32.9. The molecule has 0 fully saturated rings. The Bertz CT molecular complexity index is 757. The molecule has 0 aliphatic heterocycles. The number of anilines is 1. The zero-order chi connectivity index (χ0) is 17.4. The Labute approximate surface area is 141 Å². The van der Waals surface area contributed by atoms with Crippen molar-refractivity contribution in [3.8, 4) is 0 Å². The van der Waals surface area contributed by atoms with Crippen molar-refractivity contribution in [2.45, 2.75) is 19.3 Å². The van der Waals surface area contributed by atoms with E-state index in [1.807, 2.05) is 30.3 Å². The van der Waals surface area contributed by atoms with Gasteiger partial charge in [-0.1, -0.05) is 42.5 Å². The Morgan fingerprint density at radius 2 is 1.67 bits per heavy atom. The maximum absolute atomic E-state index is 11.7. The van der Waals surface area contributed by atoms with Gasteiger partial charge in [0.1, 0.15) is 12.4 Å². The molecule has 0 aliphatic rings. The fourth-order valence-corrected chi connectivity index (χ4v) is 3.03. The number of carbonyl (C=O) groups is 1. The van der Waals surface area contributed by atoms with E-state index >= 15 is 0 Å². The van der Waals surface area contributed by atoms with Crippen molar-refractivity contribution in [1.29, 1.82) is 0 Å². The van der Waals surface area contributed by atoms with Crippen LogP contribution in [-0.4, -0.2) is 21.1 Å². The van der Waals surface area contributed by atoms with Crippen LogP contribution in [0.15, 0.2) is 54.6 Å². The van der Waals surface area contributed by atoms with Gasteiger partial charge in [-0.3, -0.25) is 9.50 Å². The van der Waals surface area contributed by atoms with Crippen molar-refractivity contribution >= 4 is 21.9 Å². The van der Waals surface area contributed by atoms with E-state index in [1.54, 1.807) is 31.2 Å². The maximum Gasteiger partial charge on any atom is 0.411 e. The Balaban J connectivity index is 1.86. The summed E-state index contributed by atoms with van der Waals surface area (Å²) in [6.45, 7) is 1.90. The van der Waals surface area contributed by atoms with Gasteiger partial charge in [0.25, 0.3) is 10.1 Å². The van der Waals surface area contributed by atoms with Gasteiger partial charge in [-0.25, -0.2) is 4.79 Å². The minimum absolute atomic E-state index is 0.106. The highest BCUT2D eigenvalue weighted by atomic mass is 32.2. The second-order valence-corrected chi connectivity index (χ2v) is 6.63. The molecular formula is C17H19NO5S. The molecule has 0 atom stereocenters. The third-order valence-corrected chi connectivity index (χ3v) is 4.34. The van der Waals surface area contributed by atoms with Crippen LogP contribution in [0.2, 0.25) is 0 Å². The molecule has 0 spiro atoms. The summed E-state index contributed by atoms with van der Waals surface area (Å²) in [5.74, 6) is -0.209. The summed E-state index contributed by atoms with van der Waals surface area (Å²) in [6, 6.07) is 15.8. The van der Waals surface area contributed by atoms with Crippen LogP contribution in [0.3, 0.4) is 0 Å². The molecular weight excluding hydrogens is 330 g/mol. The van der Waals surface area contributed by atoms with E-state index in [0.717, 1.165) is 5.56 Å². The summed E-state index contributed by atoms with van der Waals surface area (Å²) >= 11 is 0. The monoisotopic (exact) mass is 349 g/mol. The van der Waals surface area contributed by atoms with E-state index < -0.39 is 16.2 Å². The van der Waals surface area contributed by atoms with Crippen LogP contribution in [0.5, 0.6) is 0 Å². The first-order valence-electron chi connectivity index (χ1n) is 7.42. The van der Waals surface area contributed by atoms with E-state index in [4.69, 9.17) is 4.74 Å². The average Bonchev–Trinajstić information content (AvgIpc) is 2.55. The van der Waals surface area contributed by atoms with E-state index in [1.165, 1.54) is 0 Å². The molecule has 0 radical (unpaired) electrons. The van der Waals surface area contributed by atoms with Crippen LogP contribution in [0.25, 0.3) is 0 Å². The highest BCUT2D eigenvalue weighted by Crippen LogP contribution is 2.13. The molecule has 2 aromatic carbocycles. The second kappa shape index (κ2) is 8.47. The number of benzene rings is 2. The minimum atomic E-state index is -3.57. The first kappa shape index (κ1) is 18.0. The fourth-order valence-electron chi connectivity index (χ4n) is 1.99. The minimum Gasteiger partial charge on any atom is -0.444 e. The Morgan fingerprint density at radius 3 is 2.29 bits per heavy atom. The molecule has 0 aromatic heterocycles. The third kappa shape index (κ3) is 6.02. The lowest BCUT2D eigenvalue weighted by Gasteiger charge is -2.08. The van der Waals surface area contributed by atoms with Crippen molar-refractivity contribution in [1.82, 2.24) is 0 Å². The Hall–Kier alpha value is -2.38. The second-order valence-electron chi connectivity index (χ2n) is 4.99. The molecule has 1 N–H and O–H groups in total. The molecule has 24 heavy (non-hydrogen) atoms. The van der Waals surface area contributed by atoms with Crippen LogP contribution in [0.1, 0.15) is 18.1 Å². The standard InChI is InChI=1S/C17H19NO5S/c1-2-23-24(20,21)13-15-8-10-16(11-9-15)18-17(19)22-12-14-6-4-3-5-7-14/h3-11H,2,12-13H2,1H3,(H,18,19). The van der Waals surface area contributed by atoms with Crippen LogP contribution in [-0.2, 0) is 31.4 Å². The summed E-state index contributed by atoms with van der Waals surface area (Å²) in [5, 5.41) is 2.59. The quantitative estimate of drug-likeness (QED) is 0.776. The smallest absolute Gasteiger partial charge is 0.411 e. The van der Waals surface area contributed by atoms with Crippen molar-refractivity contribution in [2.75, 3.05) is 11.9 Å². The number of amides is 1. The van der Waals surface area contributed by atoms with Crippen molar-refractivity contribution in [2.24, 2.45) is 0 Å². The van der Waals surface area contributed by atoms with Gasteiger partial charge in [0.2, 0.25) is 0 Å². The predicted octanol–water partition coefficient (Wildman–Crippen LogP) is 3.30. The molecule has 0 saturated heterocycles. The number of hydrogen-bond acceptors (Lipinski definition) is 5. The van der Waals surface area contributed by atoms with Gasteiger partial charge in [0, 0.05) is 5.69 Å². The maximum atomic E-state index is 11.7. The Kier molecular flexibility index (Phi) is 6.34. The molecule has 0 bridgehead atoms. The van der Waals surface area contributed by atoms with E-state index in [2.05, 4.69) is 9.50 Å². The van der Waals surface area contributed by atoms with Crippen molar-refractivity contribution in [3.05, 3.63) is 65.7 Å². The molecule has 2 rings (SSSR count). The Morgan fingerprint density at radius 1 is 1.00 bits per heavy atom. The number of carbonyl (C=O) groups excluding carboxylic acids is 1. The van der Waals surface area contributed by atoms with Gasteiger partial charge in [0.15, 0.2) is 0 Å². The third-order valence-electron chi connectivity index (χ3n) is 3.05. The predicted molar refractivity (Wildman–Crippen MR) is 90.9 cm³/mol. The van der Waals surface area contributed by atoms with Gasteiger partial charge >= 0.3 is 6.09 Å². The van der Waals surface area contributed by atoms with Crippen LogP contribution in [0.4, 0.5) is 10.5 Å². The topological polar surface area (TPSA) is 81.7 Å². The summed E-state index contributed by atoms with van der Waals surface area (Å²) in [4.78, 5) is 11.7. The fraction of sp³-hybridized carbons (Fsp3) is 0.235. The van der Waals surface area contributed by atoms with Crippen molar-refractivity contribution in [3.63, 3.8) is 0 Å². The van der Waals surface area contributed by atoms with E-state index in [-0.39, 0.29) is 19.0 Å². The van der Waals surface area contributed by atoms with Crippen LogP contribution in [0, 0.1) is 0 Å². The number of hydrogen-bond donors (Lipinski definition) is 1. The first-order valence-corrected chi connectivity index (χ1v) is 9.00. The van der Waals surface area contributed by atoms with Gasteiger partial charge in [-0.05, 0) is 30.2 Å². The van der Waals surface area contributed by atoms with Gasteiger partial charge in [0.05, 0.1) is 6.61 Å². The lowest BCUT2D eigenvalue weighted by atomic mass is 10.2. The summed E-state index contributed by atoms with van der Waals surface area (Å²) in [5.41, 5.74) is 1.99. The highest BCUT2D eigenvalue weighted by Gasteiger charge is 2.11. The molecule has 6 nitrogen and oxygen atoms in total. The first-order chi connectivity index (χ1) is 11.5. The average molecular weight is 349 g/mol. The number of ether oxygens (including phenoxy) is 1. The molecule has 0 heterocycles. The SMILES string of the molecule is CCOS(=O)(=O)Cc1ccc(NC(=O)OCc2ccccc2)cc1. The molecule has 128 valence electrons. The normalized spacial score (nSPS) is 11.0. The van der Waals surface area contributed by atoms with Gasteiger partial charge in [-0.2, -0.15) is 8.42 Å². The lowest BCUT2D eigenvalue weighted by Crippen LogP contribution is -2.13. The molecule has 0 unspecified atom stereocenters. The summed E-state index contributed by atoms with van der Waals surface area (Å²) in [7, 11) is -3.57. The largest absolute Gasteiger partial charge is 0.444 e. The zero-order valence-corrected chi connectivity index (χ0v) is 14.1. The number of nitrogens with one attached hydrogen (secondary N) is 1. The lowest BCUT2D eigenvalue weighted by molar-refractivity contribution is 0.155. The molecule has 0 saturated carbocycles. The van der Waals surface area contributed by atoms with Crippen LogP contribution < -0.4 is 5.32 Å². The van der Waals surface area contributed by atoms with E-state index in [9.17, 15) is 13.2 Å². The van der Waals surface area contributed by atoms with E-state index in [0.29, 0.717) is 11.3 Å². The van der Waals surface area contributed by atoms with Gasteiger partial charge < -0.3 is 4.74 Å². The highest BCUT2D eigenvalue weighted by molar-refractivity contribution is 7.85. The number of rotatable bonds is 7. The molecule has 7 heteroatoms. The molecule has 2 aromatic rings. The van der Waals surface area contributed by atoms with Crippen LogP contribution >= 0.6 is 0 Å². The van der Waals surface area contributed by atoms with Crippen molar-refractivity contribution < 1.29 is 22.1 Å². The molecule has 1 amide bonds.